The van der Waals surface area contributed by atoms with Crippen molar-refractivity contribution < 1.29 is 0 Å². The molecule has 1 fully saturated rings. The van der Waals surface area contributed by atoms with E-state index < -0.39 is 0 Å². The molecule has 1 saturated heterocycles. The van der Waals surface area contributed by atoms with Gasteiger partial charge in [0.15, 0.2) is 0 Å². The van der Waals surface area contributed by atoms with Crippen molar-refractivity contribution in [3.05, 3.63) is 22.8 Å². The molecule has 0 amide bonds. The van der Waals surface area contributed by atoms with Crippen LogP contribution in [-0.4, -0.2) is 36.1 Å². The van der Waals surface area contributed by atoms with Crippen molar-refractivity contribution >= 4 is 21.7 Å². The van der Waals surface area contributed by atoms with Crippen LogP contribution in [0.2, 0.25) is 0 Å². The predicted octanol–water partition coefficient (Wildman–Crippen LogP) is 2.35. The number of hydrogen-bond donors (Lipinski definition) is 1. The van der Waals surface area contributed by atoms with E-state index in [0.717, 1.165) is 10.3 Å². The lowest BCUT2D eigenvalue weighted by Crippen LogP contribution is -2.36. The minimum atomic E-state index is 0.579. The van der Waals surface area contributed by atoms with Gasteiger partial charge in [-0.1, -0.05) is 0 Å². The molecule has 1 aliphatic heterocycles. The highest BCUT2D eigenvalue weighted by Crippen LogP contribution is 2.15. The van der Waals surface area contributed by atoms with Crippen LogP contribution in [0.15, 0.2) is 22.8 Å². The third-order valence-corrected chi connectivity index (χ3v) is 3.27. The SMILES string of the molecule is CN1CCC(Nc2ccc(Br)cn2)CC1. The Bertz CT molecular complexity index is 304. The fraction of sp³-hybridized carbons (Fsp3) is 0.545. The highest BCUT2D eigenvalue weighted by atomic mass is 79.9. The van der Waals surface area contributed by atoms with Gasteiger partial charge in [0.2, 0.25) is 0 Å². The molecular weight excluding hydrogens is 254 g/mol. The number of nitrogens with zero attached hydrogens (tertiary/aromatic N) is 2. The first kappa shape index (κ1) is 10.9. The van der Waals surface area contributed by atoms with E-state index in [1.165, 1.54) is 25.9 Å². The summed E-state index contributed by atoms with van der Waals surface area (Å²) in [5.74, 6) is 0.979. The summed E-state index contributed by atoms with van der Waals surface area (Å²) in [6.45, 7) is 2.35. The molecule has 3 nitrogen and oxygen atoms in total. The average molecular weight is 270 g/mol. The normalized spacial score (nSPS) is 19.1. The number of hydrogen-bond acceptors (Lipinski definition) is 3. The highest BCUT2D eigenvalue weighted by Gasteiger charge is 2.16. The summed E-state index contributed by atoms with van der Waals surface area (Å²) in [6, 6.07) is 4.61. The first-order chi connectivity index (χ1) is 7.24. The maximum Gasteiger partial charge on any atom is 0.126 e. The molecule has 0 bridgehead atoms. The Morgan fingerprint density at radius 2 is 2.13 bits per heavy atom. The zero-order chi connectivity index (χ0) is 10.7. The van der Waals surface area contributed by atoms with Crippen LogP contribution in [0.4, 0.5) is 5.82 Å². The molecule has 0 radical (unpaired) electrons. The smallest absolute Gasteiger partial charge is 0.126 e. The Morgan fingerprint density at radius 1 is 1.40 bits per heavy atom. The summed E-state index contributed by atoms with van der Waals surface area (Å²) in [6.07, 6.45) is 4.24. The summed E-state index contributed by atoms with van der Waals surface area (Å²) >= 11 is 3.38. The van der Waals surface area contributed by atoms with Crippen LogP contribution in [0.25, 0.3) is 0 Å². The molecule has 1 aromatic rings. The summed E-state index contributed by atoms with van der Waals surface area (Å²) in [5, 5.41) is 3.47. The van der Waals surface area contributed by atoms with Gasteiger partial charge < -0.3 is 10.2 Å². The molecule has 0 spiro atoms. The van der Waals surface area contributed by atoms with E-state index in [-0.39, 0.29) is 0 Å². The van der Waals surface area contributed by atoms with E-state index in [9.17, 15) is 0 Å². The van der Waals surface area contributed by atoms with E-state index >= 15 is 0 Å². The fourth-order valence-electron chi connectivity index (χ4n) is 1.82. The maximum absolute atomic E-state index is 4.32. The van der Waals surface area contributed by atoms with Gasteiger partial charge in [-0.05, 0) is 61.0 Å². The first-order valence-corrected chi connectivity index (χ1v) is 6.10. The number of anilines is 1. The minimum absolute atomic E-state index is 0.579. The molecule has 0 atom stereocenters. The molecular formula is C11H16BrN3. The molecule has 1 aliphatic rings. The summed E-state index contributed by atoms with van der Waals surface area (Å²) in [5.41, 5.74) is 0. The molecule has 0 unspecified atom stereocenters. The van der Waals surface area contributed by atoms with Crippen LogP contribution < -0.4 is 5.32 Å². The van der Waals surface area contributed by atoms with Crippen molar-refractivity contribution in [1.29, 1.82) is 0 Å². The Morgan fingerprint density at radius 3 is 2.73 bits per heavy atom. The van der Waals surface area contributed by atoms with E-state index in [1.807, 2.05) is 18.3 Å². The Hall–Kier alpha value is -0.610. The fourth-order valence-corrected chi connectivity index (χ4v) is 2.06. The largest absolute Gasteiger partial charge is 0.367 e. The molecule has 2 rings (SSSR count). The topological polar surface area (TPSA) is 28.2 Å². The molecule has 82 valence electrons. The lowest BCUT2D eigenvalue weighted by molar-refractivity contribution is 0.263. The maximum atomic E-state index is 4.32. The Balaban J connectivity index is 1.89. The van der Waals surface area contributed by atoms with Crippen molar-refractivity contribution in [2.45, 2.75) is 18.9 Å². The van der Waals surface area contributed by atoms with Gasteiger partial charge in [0.05, 0.1) is 0 Å². The van der Waals surface area contributed by atoms with Crippen molar-refractivity contribution in [3.8, 4) is 0 Å². The van der Waals surface area contributed by atoms with Gasteiger partial charge in [0, 0.05) is 16.7 Å². The van der Waals surface area contributed by atoms with Gasteiger partial charge in [-0.15, -0.1) is 0 Å². The predicted molar refractivity (Wildman–Crippen MR) is 66.1 cm³/mol. The van der Waals surface area contributed by atoms with Crippen LogP contribution in [0.3, 0.4) is 0 Å². The van der Waals surface area contributed by atoms with E-state index in [4.69, 9.17) is 0 Å². The van der Waals surface area contributed by atoms with Crippen LogP contribution in [0.1, 0.15) is 12.8 Å². The monoisotopic (exact) mass is 269 g/mol. The quantitative estimate of drug-likeness (QED) is 0.894. The highest BCUT2D eigenvalue weighted by molar-refractivity contribution is 9.10. The molecule has 0 saturated carbocycles. The number of pyridine rings is 1. The molecule has 15 heavy (non-hydrogen) atoms. The van der Waals surface area contributed by atoms with Gasteiger partial charge in [-0.3, -0.25) is 0 Å². The molecule has 0 aromatic carbocycles. The third kappa shape index (κ3) is 3.18. The van der Waals surface area contributed by atoms with E-state index in [1.54, 1.807) is 0 Å². The van der Waals surface area contributed by atoms with Crippen LogP contribution in [0, 0.1) is 0 Å². The first-order valence-electron chi connectivity index (χ1n) is 5.30. The zero-order valence-corrected chi connectivity index (χ0v) is 10.5. The number of piperidine rings is 1. The third-order valence-electron chi connectivity index (χ3n) is 2.80. The van der Waals surface area contributed by atoms with Gasteiger partial charge in [-0.2, -0.15) is 0 Å². The van der Waals surface area contributed by atoms with Crippen LogP contribution in [-0.2, 0) is 0 Å². The van der Waals surface area contributed by atoms with Crippen molar-refractivity contribution in [2.24, 2.45) is 0 Å². The summed E-state index contributed by atoms with van der Waals surface area (Å²) in [7, 11) is 2.17. The number of nitrogens with one attached hydrogen (secondary N) is 1. The number of rotatable bonds is 2. The van der Waals surface area contributed by atoms with Crippen LogP contribution >= 0.6 is 15.9 Å². The lowest BCUT2D eigenvalue weighted by atomic mass is 10.1. The Kier molecular flexibility index (Phi) is 3.59. The van der Waals surface area contributed by atoms with Crippen molar-refractivity contribution in [1.82, 2.24) is 9.88 Å². The number of halogens is 1. The standard InChI is InChI=1S/C11H16BrN3/c1-15-6-4-10(5-7-15)14-11-3-2-9(12)8-13-11/h2-3,8,10H,4-7H2,1H3,(H,13,14). The van der Waals surface area contributed by atoms with Crippen molar-refractivity contribution in [3.63, 3.8) is 0 Å². The summed E-state index contributed by atoms with van der Waals surface area (Å²) < 4.78 is 1.02. The number of aromatic nitrogens is 1. The van der Waals surface area contributed by atoms with E-state index in [2.05, 4.69) is 38.2 Å². The Labute approximate surface area is 99.0 Å². The molecule has 2 heterocycles. The average Bonchev–Trinajstić information content (AvgIpc) is 2.25. The van der Waals surface area contributed by atoms with Crippen molar-refractivity contribution in [2.75, 3.05) is 25.5 Å². The minimum Gasteiger partial charge on any atom is -0.367 e. The van der Waals surface area contributed by atoms with Gasteiger partial charge >= 0.3 is 0 Å². The van der Waals surface area contributed by atoms with Gasteiger partial charge in [0.1, 0.15) is 5.82 Å². The second-order valence-corrected chi connectivity index (χ2v) is 5.00. The van der Waals surface area contributed by atoms with E-state index in [0.29, 0.717) is 6.04 Å². The molecule has 1 aromatic heterocycles. The second kappa shape index (κ2) is 4.94. The second-order valence-electron chi connectivity index (χ2n) is 4.08. The van der Waals surface area contributed by atoms with Crippen LogP contribution in [0.5, 0.6) is 0 Å². The molecule has 4 heteroatoms. The molecule has 0 aliphatic carbocycles. The van der Waals surface area contributed by atoms with Gasteiger partial charge in [-0.25, -0.2) is 4.98 Å². The summed E-state index contributed by atoms with van der Waals surface area (Å²) in [4.78, 5) is 6.69. The lowest BCUT2D eigenvalue weighted by Gasteiger charge is -2.29. The zero-order valence-electron chi connectivity index (χ0n) is 8.91. The number of likely N-dealkylation sites (tertiary alicyclic amines) is 1. The molecule has 1 N–H and O–H groups in total. The van der Waals surface area contributed by atoms with Gasteiger partial charge in [0.25, 0.3) is 0 Å².